The van der Waals surface area contributed by atoms with E-state index < -0.39 is 18.1 Å². The summed E-state index contributed by atoms with van der Waals surface area (Å²) in [6.07, 6.45) is -0.949. The van der Waals surface area contributed by atoms with Crippen molar-refractivity contribution in [3.63, 3.8) is 0 Å². The molecular weight excluding hydrogens is 455 g/mol. The SMILES string of the molecule is CC[C@@H](CN(C(=O)C(F)(F)F)[C@H](/C=C/C(=O)N1Cc2ccccc2C1)CCc1ccccc1)NC. The molecule has 0 saturated carbocycles. The highest BCUT2D eigenvalue weighted by Crippen LogP contribution is 2.25. The van der Waals surface area contributed by atoms with Crippen molar-refractivity contribution in [1.29, 1.82) is 0 Å². The fourth-order valence-corrected chi connectivity index (χ4v) is 4.30. The topological polar surface area (TPSA) is 52.7 Å². The van der Waals surface area contributed by atoms with Crippen LogP contribution >= 0.6 is 0 Å². The van der Waals surface area contributed by atoms with Crippen LogP contribution < -0.4 is 5.32 Å². The summed E-state index contributed by atoms with van der Waals surface area (Å²) < 4.78 is 40.7. The number of aryl methyl sites for hydroxylation is 1. The molecule has 0 unspecified atom stereocenters. The summed E-state index contributed by atoms with van der Waals surface area (Å²) in [5.41, 5.74) is 3.07. The Bertz CT molecular complexity index is 995. The van der Waals surface area contributed by atoms with E-state index in [1.165, 1.54) is 12.2 Å². The van der Waals surface area contributed by atoms with Gasteiger partial charge >= 0.3 is 12.1 Å². The minimum Gasteiger partial charge on any atom is -0.330 e. The molecular formula is C27H32F3N3O2. The first-order valence-corrected chi connectivity index (χ1v) is 11.9. The Morgan fingerprint density at radius 2 is 1.66 bits per heavy atom. The maximum atomic E-state index is 13.6. The van der Waals surface area contributed by atoms with Gasteiger partial charge in [0.25, 0.3) is 0 Å². The Labute approximate surface area is 204 Å². The van der Waals surface area contributed by atoms with Gasteiger partial charge in [0.1, 0.15) is 0 Å². The van der Waals surface area contributed by atoms with Gasteiger partial charge in [0.05, 0.1) is 6.04 Å². The van der Waals surface area contributed by atoms with Gasteiger partial charge in [-0.15, -0.1) is 0 Å². The first-order valence-electron chi connectivity index (χ1n) is 11.9. The van der Waals surface area contributed by atoms with Crippen molar-refractivity contribution >= 4 is 11.8 Å². The molecule has 1 aliphatic rings. The van der Waals surface area contributed by atoms with Crippen LogP contribution in [0.25, 0.3) is 0 Å². The number of fused-ring (bicyclic) bond motifs is 1. The number of carbonyl (C=O) groups excluding carboxylic acids is 2. The molecule has 1 N–H and O–H groups in total. The van der Waals surface area contributed by atoms with Crippen LogP contribution in [0.2, 0.25) is 0 Å². The Morgan fingerprint density at radius 3 is 2.20 bits per heavy atom. The highest BCUT2D eigenvalue weighted by molar-refractivity contribution is 5.88. The number of nitrogens with one attached hydrogen (secondary N) is 1. The number of rotatable bonds is 10. The molecule has 0 fully saturated rings. The van der Waals surface area contributed by atoms with Crippen LogP contribution in [0.5, 0.6) is 0 Å². The summed E-state index contributed by atoms with van der Waals surface area (Å²) in [6, 6.07) is 15.9. The first kappa shape index (κ1) is 26.5. The number of amides is 2. The largest absolute Gasteiger partial charge is 0.471 e. The number of nitrogens with zero attached hydrogens (tertiary/aromatic N) is 2. The normalized spacial score (nSPS) is 15.2. The van der Waals surface area contributed by atoms with Gasteiger partial charge in [-0.25, -0.2) is 0 Å². The zero-order valence-corrected chi connectivity index (χ0v) is 20.1. The van der Waals surface area contributed by atoms with Crippen molar-refractivity contribution in [2.75, 3.05) is 13.6 Å². The Morgan fingerprint density at radius 1 is 1.06 bits per heavy atom. The van der Waals surface area contributed by atoms with Crippen LogP contribution in [0.3, 0.4) is 0 Å². The lowest BCUT2D eigenvalue weighted by molar-refractivity contribution is -0.187. The predicted octanol–water partition coefficient (Wildman–Crippen LogP) is 4.48. The fraction of sp³-hybridized carbons (Fsp3) is 0.407. The molecule has 0 aliphatic carbocycles. The van der Waals surface area contributed by atoms with Crippen LogP contribution in [0.1, 0.15) is 36.5 Å². The lowest BCUT2D eigenvalue weighted by Crippen LogP contribution is -2.51. The molecule has 0 aromatic heterocycles. The zero-order chi connectivity index (χ0) is 25.4. The van der Waals surface area contributed by atoms with E-state index in [2.05, 4.69) is 5.32 Å². The predicted molar refractivity (Wildman–Crippen MR) is 129 cm³/mol. The van der Waals surface area contributed by atoms with Crippen LogP contribution in [0.4, 0.5) is 13.2 Å². The molecule has 2 amide bonds. The molecule has 0 bridgehead atoms. The molecule has 188 valence electrons. The third-order valence-electron chi connectivity index (χ3n) is 6.41. The van der Waals surface area contributed by atoms with Crippen molar-refractivity contribution in [3.8, 4) is 0 Å². The summed E-state index contributed by atoms with van der Waals surface area (Å²) in [4.78, 5) is 27.9. The van der Waals surface area contributed by atoms with Crippen LogP contribution in [-0.2, 0) is 29.1 Å². The molecule has 1 aliphatic heterocycles. The van der Waals surface area contributed by atoms with Crippen molar-refractivity contribution in [2.24, 2.45) is 0 Å². The molecule has 2 atom stereocenters. The van der Waals surface area contributed by atoms with Crippen molar-refractivity contribution in [2.45, 2.75) is 57.5 Å². The lowest BCUT2D eigenvalue weighted by atomic mass is 10.0. The number of likely N-dealkylation sites (N-methyl/N-ethyl adjacent to an activating group) is 1. The number of hydrogen-bond donors (Lipinski definition) is 1. The average molecular weight is 488 g/mol. The van der Waals surface area contributed by atoms with Crippen LogP contribution in [0.15, 0.2) is 66.7 Å². The van der Waals surface area contributed by atoms with Crippen LogP contribution in [0, 0.1) is 0 Å². The quantitative estimate of drug-likeness (QED) is 0.503. The lowest BCUT2D eigenvalue weighted by Gasteiger charge is -2.33. The third kappa shape index (κ3) is 7.18. The smallest absolute Gasteiger partial charge is 0.330 e. The Kier molecular flexibility index (Phi) is 9.09. The van der Waals surface area contributed by atoms with Gasteiger partial charge in [-0.05, 0) is 43.0 Å². The summed E-state index contributed by atoms with van der Waals surface area (Å²) in [7, 11) is 1.66. The van der Waals surface area contributed by atoms with Crippen molar-refractivity contribution in [3.05, 3.63) is 83.4 Å². The molecule has 2 aromatic carbocycles. The van der Waals surface area contributed by atoms with Gasteiger partial charge in [0, 0.05) is 31.8 Å². The van der Waals surface area contributed by atoms with E-state index in [9.17, 15) is 22.8 Å². The van der Waals surface area contributed by atoms with Crippen molar-refractivity contribution < 1.29 is 22.8 Å². The number of alkyl halides is 3. The molecule has 1 heterocycles. The molecule has 0 radical (unpaired) electrons. The molecule has 2 aromatic rings. The van der Waals surface area contributed by atoms with E-state index in [1.54, 1.807) is 11.9 Å². The van der Waals surface area contributed by atoms with E-state index in [4.69, 9.17) is 0 Å². The van der Waals surface area contributed by atoms with E-state index >= 15 is 0 Å². The van der Waals surface area contributed by atoms with E-state index in [-0.39, 0.29) is 24.9 Å². The second-order valence-electron chi connectivity index (χ2n) is 8.76. The Balaban J connectivity index is 1.84. The molecule has 3 rings (SSSR count). The number of carbonyl (C=O) groups is 2. The summed E-state index contributed by atoms with van der Waals surface area (Å²) in [6.45, 7) is 2.65. The van der Waals surface area contributed by atoms with Gasteiger partial charge in [0.2, 0.25) is 5.91 Å². The van der Waals surface area contributed by atoms with Crippen molar-refractivity contribution in [1.82, 2.24) is 15.1 Å². The second kappa shape index (κ2) is 12.0. The van der Waals surface area contributed by atoms with Gasteiger partial charge in [0.15, 0.2) is 0 Å². The molecule has 8 heteroatoms. The third-order valence-corrected chi connectivity index (χ3v) is 6.41. The van der Waals surface area contributed by atoms with Gasteiger partial charge in [-0.1, -0.05) is 67.6 Å². The molecule has 0 saturated heterocycles. The van der Waals surface area contributed by atoms with Crippen LogP contribution in [-0.4, -0.2) is 53.5 Å². The van der Waals surface area contributed by atoms with Gasteiger partial charge < -0.3 is 15.1 Å². The molecule has 0 spiro atoms. The summed E-state index contributed by atoms with van der Waals surface area (Å²) in [5.74, 6) is -2.18. The number of halogens is 3. The number of benzene rings is 2. The second-order valence-corrected chi connectivity index (χ2v) is 8.76. The first-order chi connectivity index (χ1) is 16.7. The summed E-state index contributed by atoms with van der Waals surface area (Å²) >= 11 is 0. The average Bonchev–Trinajstić information content (AvgIpc) is 3.29. The highest BCUT2D eigenvalue weighted by atomic mass is 19.4. The monoisotopic (exact) mass is 487 g/mol. The molecule has 35 heavy (non-hydrogen) atoms. The fourth-order valence-electron chi connectivity index (χ4n) is 4.30. The van der Waals surface area contributed by atoms with E-state index in [1.807, 2.05) is 61.5 Å². The van der Waals surface area contributed by atoms with Gasteiger partial charge in [-0.3, -0.25) is 9.59 Å². The Hall–Kier alpha value is -3.13. The standard InChI is InChI=1S/C27H32F3N3O2/c1-3-23(31-2)19-33(26(35)27(28,29)30)24(14-13-20-9-5-4-6-10-20)15-16-25(34)32-17-21-11-7-8-12-22(21)18-32/h4-12,15-16,23-24,31H,3,13-14,17-19H2,1-2H3/b16-15+/t23-,24-/m0/s1. The zero-order valence-electron chi connectivity index (χ0n) is 20.1. The van der Waals surface area contributed by atoms with E-state index in [0.717, 1.165) is 21.6 Å². The van der Waals surface area contributed by atoms with Gasteiger partial charge in [-0.2, -0.15) is 13.2 Å². The highest BCUT2D eigenvalue weighted by Gasteiger charge is 2.44. The maximum Gasteiger partial charge on any atom is 0.471 e. The minimum absolute atomic E-state index is 0.113. The maximum absolute atomic E-state index is 13.6. The molecule has 5 nitrogen and oxygen atoms in total. The summed E-state index contributed by atoms with van der Waals surface area (Å²) in [5, 5.41) is 2.98. The minimum atomic E-state index is -5.01. The number of hydrogen-bond acceptors (Lipinski definition) is 3. The van der Waals surface area contributed by atoms with E-state index in [0.29, 0.717) is 25.9 Å².